The second-order valence-corrected chi connectivity index (χ2v) is 8.97. The number of amides is 2. The summed E-state index contributed by atoms with van der Waals surface area (Å²) in [5.41, 5.74) is 0.880. The molecular weight excluding hydrogens is 413 g/mol. The maximum absolute atomic E-state index is 13.5. The number of hydrogen-bond donors (Lipinski definition) is 2. The van der Waals surface area contributed by atoms with Gasteiger partial charge in [0.1, 0.15) is 23.0 Å². The number of rotatable bonds is 5. The first-order valence-corrected chi connectivity index (χ1v) is 10.7. The molecule has 0 unspecified atom stereocenters. The van der Waals surface area contributed by atoms with Gasteiger partial charge in [0.2, 0.25) is 5.91 Å². The highest BCUT2D eigenvalue weighted by atomic mass is 19.1. The number of hydrogen-bond acceptors (Lipinski definition) is 5. The third kappa shape index (κ3) is 6.42. The van der Waals surface area contributed by atoms with Gasteiger partial charge in [0.15, 0.2) is 0 Å². The zero-order valence-electron chi connectivity index (χ0n) is 18.9. The number of alkyl carbamates (subject to hydrolysis) is 1. The van der Waals surface area contributed by atoms with Crippen LogP contribution in [0.15, 0.2) is 36.5 Å². The van der Waals surface area contributed by atoms with Gasteiger partial charge in [-0.1, -0.05) is 6.42 Å². The van der Waals surface area contributed by atoms with E-state index in [4.69, 9.17) is 9.47 Å². The number of benzene rings is 1. The van der Waals surface area contributed by atoms with Crippen LogP contribution < -0.4 is 15.4 Å². The van der Waals surface area contributed by atoms with Crippen LogP contribution in [0.2, 0.25) is 0 Å². The van der Waals surface area contributed by atoms with Crippen molar-refractivity contribution in [1.29, 1.82) is 0 Å². The molecule has 32 heavy (non-hydrogen) atoms. The number of aromatic nitrogens is 1. The number of carbonyl (C=O) groups is 2. The average Bonchev–Trinajstić information content (AvgIpc) is 2.72. The monoisotopic (exact) mass is 443 g/mol. The SMILES string of the molecule is COc1cc(F)ccc1-c1ccnc(NC(=O)[C@@H]2CCC[C@H](NC(=O)OC(C)(C)C)C2)c1. The minimum Gasteiger partial charge on any atom is -0.496 e. The Balaban J connectivity index is 1.65. The number of carbonyl (C=O) groups excluding carboxylic acids is 2. The Morgan fingerprint density at radius 3 is 2.66 bits per heavy atom. The van der Waals surface area contributed by atoms with Crippen molar-refractivity contribution in [3.63, 3.8) is 0 Å². The van der Waals surface area contributed by atoms with Gasteiger partial charge in [0, 0.05) is 29.8 Å². The molecule has 1 aliphatic rings. The normalized spacial score (nSPS) is 18.5. The molecule has 172 valence electrons. The summed E-state index contributed by atoms with van der Waals surface area (Å²) < 4.78 is 24.1. The van der Waals surface area contributed by atoms with Gasteiger partial charge in [-0.05, 0) is 69.9 Å². The van der Waals surface area contributed by atoms with Gasteiger partial charge in [-0.3, -0.25) is 4.79 Å². The Hall–Kier alpha value is -3.16. The lowest BCUT2D eigenvalue weighted by atomic mass is 9.85. The molecule has 0 radical (unpaired) electrons. The van der Waals surface area contributed by atoms with Crippen LogP contribution >= 0.6 is 0 Å². The smallest absolute Gasteiger partial charge is 0.407 e. The van der Waals surface area contributed by atoms with Gasteiger partial charge >= 0.3 is 6.09 Å². The van der Waals surface area contributed by atoms with E-state index in [0.717, 1.165) is 24.8 Å². The first-order chi connectivity index (χ1) is 15.1. The molecule has 8 heteroatoms. The highest BCUT2D eigenvalue weighted by Gasteiger charge is 2.29. The number of methoxy groups -OCH3 is 1. The summed E-state index contributed by atoms with van der Waals surface area (Å²) in [4.78, 5) is 29.2. The predicted octanol–water partition coefficient (Wildman–Crippen LogP) is 4.92. The minimum atomic E-state index is -0.570. The number of ether oxygens (including phenoxy) is 2. The zero-order valence-corrected chi connectivity index (χ0v) is 18.9. The van der Waals surface area contributed by atoms with Crippen molar-refractivity contribution in [2.45, 2.75) is 58.1 Å². The van der Waals surface area contributed by atoms with Crippen molar-refractivity contribution in [1.82, 2.24) is 10.3 Å². The number of anilines is 1. The van der Waals surface area contributed by atoms with Gasteiger partial charge in [0.25, 0.3) is 0 Å². The van der Waals surface area contributed by atoms with E-state index in [0.29, 0.717) is 23.6 Å². The van der Waals surface area contributed by atoms with Crippen LogP contribution in [0.4, 0.5) is 15.0 Å². The van der Waals surface area contributed by atoms with Crippen LogP contribution in [0.25, 0.3) is 11.1 Å². The molecule has 1 aliphatic carbocycles. The fourth-order valence-corrected chi connectivity index (χ4v) is 3.83. The largest absolute Gasteiger partial charge is 0.496 e. The molecular formula is C24H30FN3O4. The second-order valence-electron chi connectivity index (χ2n) is 8.97. The summed E-state index contributed by atoms with van der Waals surface area (Å²) in [5.74, 6) is 0.0313. The standard InChI is InChI=1S/C24H30FN3O4/c1-24(2,3)32-23(30)27-18-7-5-6-16(12-18)22(29)28-21-13-15(10-11-26-21)19-9-8-17(25)14-20(19)31-4/h8-11,13-14,16,18H,5-7,12H2,1-4H3,(H,27,30)(H,26,28,29)/t16-,18+/m1/s1. The van der Waals surface area contributed by atoms with E-state index in [1.54, 1.807) is 24.4 Å². The molecule has 2 amide bonds. The third-order valence-corrected chi connectivity index (χ3v) is 5.25. The zero-order chi connectivity index (χ0) is 23.3. The number of pyridine rings is 1. The molecule has 1 aromatic carbocycles. The first-order valence-electron chi connectivity index (χ1n) is 10.7. The van der Waals surface area contributed by atoms with Crippen LogP contribution in [0.5, 0.6) is 5.75 Å². The lowest BCUT2D eigenvalue weighted by Gasteiger charge is -2.30. The van der Waals surface area contributed by atoms with Gasteiger partial charge in [0.05, 0.1) is 7.11 Å². The van der Waals surface area contributed by atoms with Crippen molar-refractivity contribution >= 4 is 17.8 Å². The van der Waals surface area contributed by atoms with E-state index in [1.807, 2.05) is 20.8 Å². The molecule has 2 aromatic rings. The minimum absolute atomic E-state index is 0.114. The summed E-state index contributed by atoms with van der Waals surface area (Å²) in [6, 6.07) is 7.68. The van der Waals surface area contributed by atoms with Crippen molar-refractivity contribution in [3.8, 4) is 16.9 Å². The van der Waals surface area contributed by atoms with Crippen molar-refractivity contribution < 1.29 is 23.5 Å². The third-order valence-electron chi connectivity index (χ3n) is 5.25. The number of halogens is 1. The van der Waals surface area contributed by atoms with E-state index < -0.39 is 11.7 Å². The fourth-order valence-electron chi connectivity index (χ4n) is 3.83. The molecule has 1 heterocycles. The van der Waals surface area contributed by atoms with Gasteiger partial charge < -0.3 is 20.1 Å². The molecule has 1 saturated carbocycles. The molecule has 3 rings (SSSR count). The van der Waals surface area contributed by atoms with Gasteiger partial charge in [-0.15, -0.1) is 0 Å². The van der Waals surface area contributed by atoms with Crippen LogP contribution in [0.1, 0.15) is 46.5 Å². The van der Waals surface area contributed by atoms with Crippen LogP contribution in [0.3, 0.4) is 0 Å². The highest BCUT2D eigenvalue weighted by Crippen LogP contribution is 2.32. The molecule has 2 N–H and O–H groups in total. The molecule has 1 aromatic heterocycles. The van der Waals surface area contributed by atoms with E-state index >= 15 is 0 Å². The Kier molecular flexibility index (Phi) is 7.33. The maximum atomic E-state index is 13.5. The van der Waals surface area contributed by atoms with Crippen LogP contribution in [-0.2, 0) is 9.53 Å². The molecule has 0 spiro atoms. The van der Waals surface area contributed by atoms with E-state index in [1.165, 1.54) is 19.2 Å². The quantitative estimate of drug-likeness (QED) is 0.685. The molecule has 2 atom stereocenters. The maximum Gasteiger partial charge on any atom is 0.407 e. The number of nitrogens with zero attached hydrogens (tertiary/aromatic N) is 1. The Bertz CT molecular complexity index is 974. The summed E-state index contributed by atoms with van der Waals surface area (Å²) in [7, 11) is 1.48. The molecule has 0 saturated heterocycles. The van der Waals surface area contributed by atoms with E-state index in [-0.39, 0.29) is 23.7 Å². The predicted molar refractivity (Wildman–Crippen MR) is 120 cm³/mol. The molecule has 7 nitrogen and oxygen atoms in total. The average molecular weight is 444 g/mol. The number of nitrogens with one attached hydrogen (secondary N) is 2. The molecule has 0 aliphatic heterocycles. The lowest BCUT2D eigenvalue weighted by Crippen LogP contribution is -2.43. The fraction of sp³-hybridized carbons (Fsp3) is 0.458. The highest BCUT2D eigenvalue weighted by molar-refractivity contribution is 5.92. The molecule has 0 bridgehead atoms. The van der Waals surface area contributed by atoms with Crippen molar-refractivity contribution in [2.24, 2.45) is 5.92 Å². The van der Waals surface area contributed by atoms with Crippen LogP contribution in [-0.4, -0.2) is 35.7 Å². The summed E-state index contributed by atoms with van der Waals surface area (Å²) in [6.45, 7) is 5.44. The van der Waals surface area contributed by atoms with Gasteiger partial charge in [-0.2, -0.15) is 0 Å². The second kappa shape index (κ2) is 9.97. The van der Waals surface area contributed by atoms with Crippen molar-refractivity contribution in [2.75, 3.05) is 12.4 Å². The Morgan fingerprint density at radius 2 is 1.94 bits per heavy atom. The topological polar surface area (TPSA) is 89.5 Å². The Morgan fingerprint density at radius 1 is 1.16 bits per heavy atom. The summed E-state index contributed by atoms with van der Waals surface area (Å²) >= 11 is 0. The lowest BCUT2D eigenvalue weighted by molar-refractivity contribution is -0.121. The van der Waals surface area contributed by atoms with E-state index in [2.05, 4.69) is 15.6 Å². The summed E-state index contributed by atoms with van der Waals surface area (Å²) in [6.07, 6.45) is 4.04. The van der Waals surface area contributed by atoms with Crippen LogP contribution in [0, 0.1) is 11.7 Å². The Labute approximate surface area is 187 Å². The first kappa shape index (κ1) is 23.5. The summed E-state index contributed by atoms with van der Waals surface area (Å²) in [5, 5.41) is 5.74. The molecule has 1 fully saturated rings. The van der Waals surface area contributed by atoms with Crippen molar-refractivity contribution in [3.05, 3.63) is 42.3 Å². The van der Waals surface area contributed by atoms with E-state index in [9.17, 15) is 14.0 Å². The van der Waals surface area contributed by atoms with Gasteiger partial charge in [-0.25, -0.2) is 14.2 Å².